The number of nitrogens with one attached hydrogen (secondary N) is 1. The highest BCUT2D eigenvalue weighted by Gasteiger charge is 2.27. The number of rotatable bonds is 6. The first-order chi connectivity index (χ1) is 13.1. The summed E-state index contributed by atoms with van der Waals surface area (Å²) < 4.78 is 5.46. The number of halogens is 2. The Morgan fingerprint density at radius 3 is 2.28 bits per heavy atom. The Hall–Kier alpha value is -1.95. The van der Waals surface area contributed by atoms with Gasteiger partial charge in [0.25, 0.3) is 0 Å². The van der Waals surface area contributed by atoms with Crippen LogP contribution >= 0.6 is 24.8 Å². The molecular formula is C22H31Cl2N3O2. The quantitative estimate of drug-likeness (QED) is 0.714. The van der Waals surface area contributed by atoms with Gasteiger partial charge in [0.1, 0.15) is 5.75 Å². The first-order valence-corrected chi connectivity index (χ1v) is 9.59. The number of carbonyl (C=O) groups is 1. The van der Waals surface area contributed by atoms with Crippen LogP contribution in [-0.2, 0) is 4.79 Å². The van der Waals surface area contributed by atoms with Gasteiger partial charge in [0, 0.05) is 25.2 Å². The standard InChI is InChI=1S/C22H29N3O2.2ClH/c1-16(21(23)17-8-4-3-5-9-17)22(26)24-18-12-14-25(15-13-18)19-10-6-7-11-20(19)27-2;;/h3-11,16,18,21H,12-15,23H2,1-2H3,(H,24,26);2*1H. The SMILES string of the molecule is COc1ccccc1N1CCC(NC(=O)C(C)C(N)c2ccccc2)CC1.Cl.Cl. The van der Waals surface area contributed by atoms with Crippen LogP contribution in [0.3, 0.4) is 0 Å². The number of hydrogen-bond donors (Lipinski definition) is 2. The molecule has 2 aromatic rings. The summed E-state index contributed by atoms with van der Waals surface area (Å²) in [5.41, 5.74) is 8.40. The maximum absolute atomic E-state index is 12.7. The van der Waals surface area contributed by atoms with Crippen molar-refractivity contribution in [1.82, 2.24) is 5.32 Å². The Bertz CT molecular complexity index is 753. The first kappa shape index (κ1) is 25.1. The number of ether oxygens (including phenoxy) is 1. The molecule has 1 aliphatic rings. The van der Waals surface area contributed by atoms with Crippen LogP contribution in [-0.4, -0.2) is 32.1 Å². The van der Waals surface area contributed by atoms with Crippen LogP contribution in [0.25, 0.3) is 0 Å². The van der Waals surface area contributed by atoms with Crippen LogP contribution in [0.2, 0.25) is 0 Å². The molecule has 3 N–H and O–H groups in total. The van der Waals surface area contributed by atoms with Gasteiger partial charge in [0.15, 0.2) is 0 Å². The molecule has 0 spiro atoms. The molecule has 0 aromatic heterocycles. The van der Waals surface area contributed by atoms with E-state index in [1.165, 1.54) is 0 Å². The summed E-state index contributed by atoms with van der Waals surface area (Å²) in [6, 6.07) is 17.8. The molecule has 1 saturated heterocycles. The third-order valence-electron chi connectivity index (χ3n) is 5.40. The fourth-order valence-corrected chi connectivity index (χ4v) is 3.62. The van der Waals surface area contributed by atoms with Crippen molar-refractivity contribution >= 4 is 36.4 Å². The second-order valence-electron chi connectivity index (χ2n) is 7.17. The zero-order chi connectivity index (χ0) is 19.2. The maximum Gasteiger partial charge on any atom is 0.224 e. The highest BCUT2D eigenvalue weighted by Crippen LogP contribution is 2.30. The van der Waals surface area contributed by atoms with Gasteiger partial charge < -0.3 is 20.7 Å². The van der Waals surface area contributed by atoms with E-state index >= 15 is 0 Å². The van der Waals surface area contributed by atoms with E-state index in [4.69, 9.17) is 10.5 Å². The molecular weight excluding hydrogens is 409 g/mol. The molecule has 0 saturated carbocycles. The average Bonchev–Trinajstić information content (AvgIpc) is 2.73. The predicted octanol–water partition coefficient (Wildman–Crippen LogP) is 3.96. The maximum atomic E-state index is 12.7. The van der Waals surface area contributed by atoms with Gasteiger partial charge in [-0.2, -0.15) is 0 Å². The Kier molecular flexibility index (Phi) is 10.3. The summed E-state index contributed by atoms with van der Waals surface area (Å²) in [5, 5.41) is 3.19. The predicted molar refractivity (Wildman–Crippen MR) is 123 cm³/mol. The summed E-state index contributed by atoms with van der Waals surface area (Å²) in [5.74, 6) is 0.657. The Morgan fingerprint density at radius 1 is 1.07 bits per heavy atom. The molecule has 2 unspecified atom stereocenters. The van der Waals surface area contributed by atoms with E-state index in [0.29, 0.717) is 0 Å². The lowest BCUT2D eigenvalue weighted by Crippen LogP contribution is -2.47. The second-order valence-corrected chi connectivity index (χ2v) is 7.17. The molecule has 1 aliphatic heterocycles. The third-order valence-corrected chi connectivity index (χ3v) is 5.40. The van der Waals surface area contributed by atoms with Crippen LogP contribution < -0.4 is 20.7 Å². The largest absolute Gasteiger partial charge is 0.495 e. The van der Waals surface area contributed by atoms with Crippen molar-refractivity contribution in [2.75, 3.05) is 25.1 Å². The Morgan fingerprint density at radius 2 is 1.66 bits per heavy atom. The first-order valence-electron chi connectivity index (χ1n) is 9.59. The van der Waals surface area contributed by atoms with Crippen LogP contribution in [0.15, 0.2) is 54.6 Å². The van der Waals surface area contributed by atoms with Crippen molar-refractivity contribution in [1.29, 1.82) is 0 Å². The number of nitrogens with zero attached hydrogens (tertiary/aromatic N) is 1. The number of piperidine rings is 1. The molecule has 5 nitrogen and oxygen atoms in total. The third kappa shape index (κ3) is 6.26. The van der Waals surface area contributed by atoms with Gasteiger partial charge in [-0.3, -0.25) is 4.79 Å². The van der Waals surface area contributed by atoms with Crippen molar-refractivity contribution in [2.24, 2.45) is 11.7 Å². The number of hydrogen-bond acceptors (Lipinski definition) is 4. The van der Waals surface area contributed by atoms with E-state index in [-0.39, 0.29) is 48.7 Å². The number of anilines is 1. The van der Waals surface area contributed by atoms with Gasteiger partial charge in [-0.15, -0.1) is 24.8 Å². The second kappa shape index (κ2) is 11.9. The van der Waals surface area contributed by atoms with Gasteiger partial charge in [0.2, 0.25) is 5.91 Å². The van der Waals surface area contributed by atoms with E-state index in [1.54, 1.807) is 7.11 Å². The molecule has 2 atom stereocenters. The van der Waals surface area contributed by atoms with Crippen LogP contribution in [0.4, 0.5) is 5.69 Å². The highest BCUT2D eigenvalue weighted by atomic mass is 35.5. The number of benzene rings is 2. The zero-order valence-electron chi connectivity index (χ0n) is 16.9. The van der Waals surface area contributed by atoms with Crippen LogP contribution in [0.5, 0.6) is 5.75 Å². The summed E-state index contributed by atoms with van der Waals surface area (Å²) in [6.07, 6.45) is 1.83. The molecule has 1 fully saturated rings. The molecule has 0 bridgehead atoms. The van der Waals surface area contributed by atoms with E-state index in [0.717, 1.165) is 42.9 Å². The van der Waals surface area contributed by atoms with Crippen molar-refractivity contribution in [3.8, 4) is 5.75 Å². The number of carbonyl (C=O) groups excluding carboxylic acids is 1. The van der Waals surface area contributed by atoms with E-state index in [2.05, 4.69) is 16.3 Å². The van der Waals surface area contributed by atoms with E-state index in [1.807, 2.05) is 55.5 Å². The minimum Gasteiger partial charge on any atom is -0.495 e. The molecule has 0 aliphatic carbocycles. The molecule has 3 rings (SSSR count). The number of nitrogens with two attached hydrogens (primary N) is 1. The lowest BCUT2D eigenvalue weighted by atomic mass is 9.94. The van der Waals surface area contributed by atoms with E-state index in [9.17, 15) is 4.79 Å². The van der Waals surface area contributed by atoms with E-state index < -0.39 is 0 Å². The number of para-hydroxylation sites is 2. The Balaban J connectivity index is 0.00000210. The molecule has 0 radical (unpaired) electrons. The number of methoxy groups -OCH3 is 1. The van der Waals surface area contributed by atoms with Crippen LogP contribution in [0, 0.1) is 5.92 Å². The summed E-state index contributed by atoms with van der Waals surface area (Å²) >= 11 is 0. The van der Waals surface area contributed by atoms with Gasteiger partial charge in [0.05, 0.1) is 18.7 Å². The van der Waals surface area contributed by atoms with Crippen LogP contribution in [0.1, 0.15) is 31.4 Å². The van der Waals surface area contributed by atoms with Gasteiger partial charge in [-0.1, -0.05) is 49.4 Å². The molecule has 1 amide bonds. The van der Waals surface area contributed by atoms with Crippen molar-refractivity contribution in [3.63, 3.8) is 0 Å². The molecule has 7 heteroatoms. The number of amides is 1. The lowest BCUT2D eigenvalue weighted by Gasteiger charge is -2.35. The average molecular weight is 440 g/mol. The minimum absolute atomic E-state index is 0. The molecule has 2 aromatic carbocycles. The molecule has 160 valence electrons. The zero-order valence-corrected chi connectivity index (χ0v) is 18.5. The molecule has 1 heterocycles. The summed E-state index contributed by atoms with van der Waals surface area (Å²) in [6.45, 7) is 3.69. The smallest absolute Gasteiger partial charge is 0.224 e. The van der Waals surface area contributed by atoms with Crippen molar-refractivity contribution in [2.45, 2.75) is 31.8 Å². The van der Waals surface area contributed by atoms with Gasteiger partial charge in [-0.05, 0) is 30.5 Å². The Labute approximate surface area is 185 Å². The fraction of sp³-hybridized carbons (Fsp3) is 0.409. The molecule has 29 heavy (non-hydrogen) atoms. The fourth-order valence-electron chi connectivity index (χ4n) is 3.62. The van der Waals surface area contributed by atoms with Gasteiger partial charge >= 0.3 is 0 Å². The topological polar surface area (TPSA) is 67.6 Å². The normalized spacial score (nSPS) is 16.0. The minimum atomic E-state index is -0.292. The summed E-state index contributed by atoms with van der Waals surface area (Å²) in [4.78, 5) is 15.0. The van der Waals surface area contributed by atoms with Crippen molar-refractivity contribution < 1.29 is 9.53 Å². The van der Waals surface area contributed by atoms with Crippen molar-refractivity contribution in [3.05, 3.63) is 60.2 Å². The lowest BCUT2D eigenvalue weighted by molar-refractivity contribution is -0.126. The summed E-state index contributed by atoms with van der Waals surface area (Å²) in [7, 11) is 1.70. The highest BCUT2D eigenvalue weighted by molar-refractivity contribution is 5.85. The van der Waals surface area contributed by atoms with Gasteiger partial charge in [-0.25, -0.2) is 0 Å². The monoisotopic (exact) mass is 439 g/mol.